The Morgan fingerprint density at radius 1 is 1.24 bits per heavy atom. The van der Waals surface area contributed by atoms with Crippen molar-refractivity contribution in [2.45, 2.75) is 33.4 Å². The molecular weight excluding hydrogens is 438 g/mol. The van der Waals surface area contributed by atoms with E-state index in [4.69, 9.17) is 4.74 Å². The van der Waals surface area contributed by atoms with Crippen LogP contribution in [0.25, 0.3) is 6.08 Å². The molecule has 8 nitrogen and oxygen atoms in total. The Morgan fingerprint density at radius 2 is 1.94 bits per heavy atom. The maximum Gasteiger partial charge on any atom is 0.338 e. The summed E-state index contributed by atoms with van der Waals surface area (Å²) < 4.78 is 9.05. The molecule has 2 aromatic heterocycles. The molecule has 3 heterocycles. The molecule has 4 rings (SSSR count). The number of methoxy groups -OCH3 is 1. The first-order valence-corrected chi connectivity index (χ1v) is 11.5. The molecule has 1 aliphatic rings. The van der Waals surface area contributed by atoms with E-state index >= 15 is 0 Å². The van der Waals surface area contributed by atoms with Gasteiger partial charge in [0.2, 0.25) is 0 Å². The number of rotatable bonds is 5. The van der Waals surface area contributed by atoms with E-state index in [1.165, 1.54) is 18.4 Å². The molecule has 172 valence electrons. The van der Waals surface area contributed by atoms with Gasteiger partial charge in [-0.15, -0.1) is 0 Å². The number of benzene rings is 1. The third kappa shape index (κ3) is 4.04. The summed E-state index contributed by atoms with van der Waals surface area (Å²) in [5.41, 5.74) is 4.30. The van der Waals surface area contributed by atoms with Gasteiger partial charge in [0, 0.05) is 38.1 Å². The SMILES string of the molecule is CCn1cc(C=c2sc3n(c2=O)C(c2ccc(N(C)C)cc2)C(C(=O)OC)=C(C)N=3)c(C)n1. The van der Waals surface area contributed by atoms with Gasteiger partial charge >= 0.3 is 5.97 Å². The molecule has 0 saturated carbocycles. The van der Waals surface area contributed by atoms with Gasteiger partial charge in [0.05, 0.1) is 34.6 Å². The van der Waals surface area contributed by atoms with Gasteiger partial charge in [0.1, 0.15) is 0 Å². The van der Waals surface area contributed by atoms with Gasteiger partial charge in [-0.2, -0.15) is 5.10 Å². The number of hydrogen-bond acceptors (Lipinski definition) is 7. The van der Waals surface area contributed by atoms with Gasteiger partial charge in [0.25, 0.3) is 5.56 Å². The van der Waals surface area contributed by atoms with Crippen molar-refractivity contribution in [2.75, 3.05) is 26.1 Å². The Bertz CT molecular complexity index is 1420. The average Bonchev–Trinajstić information content (AvgIpc) is 3.31. The van der Waals surface area contributed by atoms with E-state index in [1.807, 2.05) is 74.1 Å². The van der Waals surface area contributed by atoms with E-state index in [1.54, 1.807) is 11.5 Å². The molecule has 1 aromatic carbocycles. The number of allylic oxidation sites excluding steroid dienone is 1. The second-order valence-electron chi connectivity index (χ2n) is 8.08. The van der Waals surface area contributed by atoms with Crippen molar-refractivity contribution in [3.63, 3.8) is 0 Å². The smallest absolute Gasteiger partial charge is 0.338 e. The molecule has 0 spiro atoms. The summed E-state index contributed by atoms with van der Waals surface area (Å²) in [6, 6.07) is 7.20. The Balaban J connectivity index is 1.94. The van der Waals surface area contributed by atoms with Crippen molar-refractivity contribution in [1.82, 2.24) is 14.3 Å². The highest BCUT2D eigenvalue weighted by molar-refractivity contribution is 7.07. The third-order valence-electron chi connectivity index (χ3n) is 5.75. The standard InChI is InChI=1S/C24H27N5O3S/c1-7-28-13-17(14(2)26-28)12-19-22(30)29-21(16-8-10-18(11-9-16)27(4)5)20(23(31)32-6)15(3)25-24(29)33-19/h8-13,21H,7H2,1-6H3. The summed E-state index contributed by atoms with van der Waals surface area (Å²) in [5, 5.41) is 4.46. The zero-order valence-corrected chi connectivity index (χ0v) is 20.4. The zero-order valence-electron chi connectivity index (χ0n) is 19.6. The van der Waals surface area contributed by atoms with Gasteiger partial charge in [-0.1, -0.05) is 23.5 Å². The molecule has 0 radical (unpaired) electrons. The number of aromatic nitrogens is 3. The van der Waals surface area contributed by atoms with Crippen molar-refractivity contribution in [3.8, 4) is 0 Å². The molecule has 0 fully saturated rings. The first-order valence-electron chi connectivity index (χ1n) is 10.7. The highest BCUT2D eigenvalue weighted by Gasteiger charge is 2.33. The lowest BCUT2D eigenvalue weighted by atomic mass is 9.95. The lowest BCUT2D eigenvalue weighted by Gasteiger charge is -2.25. The summed E-state index contributed by atoms with van der Waals surface area (Å²) in [5.74, 6) is -0.493. The van der Waals surface area contributed by atoms with Crippen LogP contribution < -0.4 is 19.8 Å². The first kappa shape index (κ1) is 22.7. The molecule has 1 unspecified atom stereocenters. The Labute approximate surface area is 195 Å². The number of esters is 1. The fourth-order valence-corrected chi connectivity index (χ4v) is 4.98. The minimum absolute atomic E-state index is 0.196. The number of aryl methyl sites for hydroxylation is 2. The van der Waals surface area contributed by atoms with Crippen LogP contribution >= 0.6 is 11.3 Å². The van der Waals surface area contributed by atoms with Gasteiger partial charge in [-0.25, -0.2) is 9.79 Å². The third-order valence-corrected chi connectivity index (χ3v) is 6.73. The predicted octanol–water partition coefficient (Wildman–Crippen LogP) is 2.00. The van der Waals surface area contributed by atoms with Gasteiger partial charge in [-0.05, 0) is 44.5 Å². The molecule has 9 heteroatoms. The molecule has 0 aliphatic carbocycles. The number of anilines is 1. The van der Waals surface area contributed by atoms with Crippen LogP contribution in [0.15, 0.2) is 51.5 Å². The van der Waals surface area contributed by atoms with Crippen molar-refractivity contribution in [2.24, 2.45) is 4.99 Å². The van der Waals surface area contributed by atoms with E-state index in [0.29, 0.717) is 20.6 Å². The van der Waals surface area contributed by atoms with Crippen LogP contribution in [0.1, 0.15) is 36.7 Å². The monoisotopic (exact) mass is 465 g/mol. The largest absolute Gasteiger partial charge is 0.466 e. The average molecular weight is 466 g/mol. The lowest BCUT2D eigenvalue weighted by molar-refractivity contribution is -0.136. The highest BCUT2D eigenvalue weighted by atomic mass is 32.1. The number of ether oxygens (including phenoxy) is 1. The number of carbonyl (C=O) groups is 1. The normalized spacial score (nSPS) is 15.9. The molecule has 0 amide bonds. The molecular formula is C24H27N5O3S. The summed E-state index contributed by atoms with van der Waals surface area (Å²) >= 11 is 1.31. The number of hydrogen-bond donors (Lipinski definition) is 0. The lowest BCUT2D eigenvalue weighted by Crippen LogP contribution is -2.39. The molecule has 33 heavy (non-hydrogen) atoms. The number of nitrogens with zero attached hydrogens (tertiary/aromatic N) is 5. The molecule has 1 atom stereocenters. The van der Waals surface area contributed by atoms with Gasteiger partial charge in [0.15, 0.2) is 4.80 Å². The van der Waals surface area contributed by atoms with Gasteiger partial charge in [-0.3, -0.25) is 14.0 Å². The van der Waals surface area contributed by atoms with E-state index < -0.39 is 12.0 Å². The maximum atomic E-state index is 13.6. The Hall–Kier alpha value is -3.46. The molecule has 1 aliphatic heterocycles. The second kappa shape index (κ2) is 8.82. The molecule has 0 bridgehead atoms. The quantitative estimate of drug-likeness (QED) is 0.539. The van der Waals surface area contributed by atoms with Crippen LogP contribution in [0, 0.1) is 6.92 Å². The zero-order chi connectivity index (χ0) is 23.9. The molecule has 0 saturated heterocycles. The topological polar surface area (TPSA) is 81.7 Å². The Kier molecular flexibility index (Phi) is 6.07. The minimum Gasteiger partial charge on any atom is -0.466 e. The fourth-order valence-electron chi connectivity index (χ4n) is 3.94. The van der Waals surface area contributed by atoms with Crippen molar-refractivity contribution >= 4 is 29.1 Å². The van der Waals surface area contributed by atoms with Crippen molar-refractivity contribution < 1.29 is 9.53 Å². The van der Waals surface area contributed by atoms with Crippen LogP contribution in [0.4, 0.5) is 5.69 Å². The Morgan fingerprint density at radius 3 is 2.52 bits per heavy atom. The first-order chi connectivity index (χ1) is 15.7. The van der Waals surface area contributed by atoms with E-state index in [-0.39, 0.29) is 5.56 Å². The summed E-state index contributed by atoms with van der Waals surface area (Å²) in [6.45, 7) is 6.47. The predicted molar refractivity (Wildman–Crippen MR) is 129 cm³/mol. The van der Waals surface area contributed by atoms with Crippen molar-refractivity contribution in [3.05, 3.63) is 78.2 Å². The summed E-state index contributed by atoms with van der Waals surface area (Å²) in [6.07, 6.45) is 3.78. The van der Waals surface area contributed by atoms with Gasteiger partial charge < -0.3 is 9.64 Å². The minimum atomic E-state index is -0.619. The van der Waals surface area contributed by atoms with Crippen LogP contribution in [0.2, 0.25) is 0 Å². The number of fused-ring (bicyclic) bond motifs is 1. The van der Waals surface area contributed by atoms with Crippen molar-refractivity contribution in [1.29, 1.82) is 0 Å². The molecule has 3 aromatic rings. The number of thiazole rings is 1. The summed E-state index contributed by atoms with van der Waals surface area (Å²) in [4.78, 5) is 33.5. The number of carbonyl (C=O) groups excluding carboxylic acids is 1. The highest BCUT2D eigenvalue weighted by Crippen LogP contribution is 2.31. The van der Waals surface area contributed by atoms with Crippen LogP contribution in [0.5, 0.6) is 0 Å². The van der Waals surface area contributed by atoms with Crippen LogP contribution in [-0.4, -0.2) is 41.5 Å². The van der Waals surface area contributed by atoms with E-state index in [2.05, 4.69) is 10.1 Å². The van der Waals surface area contributed by atoms with Crippen LogP contribution in [-0.2, 0) is 16.1 Å². The van der Waals surface area contributed by atoms with E-state index in [9.17, 15) is 9.59 Å². The summed E-state index contributed by atoms with van der Waals surface area (Å²) in [7, 11) is 5.27. The maximum absolute atomic E-state index is 13.6. The van der Waals surface area contributed by atoms with Crippen LogP contribution in [0.3, 0.4) is 0 Å². The molecule has 0 N–H and O–H groups in total. The fraction of sp³-hybridized carbons (Fsp3) is 0.333. The second-order valence-corrected chi connectivity index (χ2v) is 9.09. The van der Waals surface area contributed by atoms with E-state index in [0.717, 1.165) is 29.1 Å².